The van der Waals surface area contributed by atoms with Gasteiger partial charge in [0, 0.05) is 26.2 Å². The number of ether oxygens (including phenoxy) is 1. The Bertz CT molecular complexity index is 336. The van der Waals surface area contributed by atoms with Gasteiger partial charge in [0.15, 0.2) is 0 Å². The zero-order valence-electron chi connectivity index (χ0n) is 12.7. The van der Waals surface area contributed by atoms with Crippen molar-refractivity contribution in [1.82, 2.24) is 9.80 Å². The Labute approximate surface area is 127 Å². The molecule has 1 aliphatic rings. The Morgan fingerprint density at radius 3 is 2.10 bits per heavy atom. The highest BCUT2D eigenvalue weighted by atomic mass is 35.5. The molecule has 1 rings (SSSR count). The Hall–Kier alpha value is -0.850. The maximum Gasteiger partial charge on any atom is 0.319 e. The number of methoxy groups -OCH3 is 1. The molecule has 2 N–H and O–H groups in total. The largest absolute Gasteiger partial charge is 0.468 e. The lowest BCUT2D eigenvalue weighted by Crippen LogP contribution is -2.56. The van der Waals surface area contributed by atoms with Gasteiger partial charge in [0.1, 0.15) is 0 Å². The van der Waals surface area contributed by atoms with E-state index in [0.29, 0.717) is 26.2 Å². The summed E-state index contributed by atoms with van der Waals surface area (Å²) in [7, 11) is 1.38. The van der Waals surface area contributed by atoms with Crippen LogP contribution in [0.4, 0.5) is 0 Å². The van der Waals surface area contributed by atoms with Gasteiger partial charge in [-0.15, -0.1) is 12.4 Å². The number of amides is 1. The monoisotopic (exact) mass is 307 g/mol. The van der Waals surface area contributed by atoms with Gasteiger partial charge in [-0.1, -0.05) is 20.8 Å². The van der Waals surface area contributed by atoms with Crippen molar-refractivity contribution < 1.29 is 14.3 Å². The predicted molar refractivity (Wildman–Crippen MR) is 79.7 cm³/mol. The Morgan fingerprint density at radius 1 is 1.20 bits per heavy atom. The van der Waals surface area contributed by atoms with Crippen LogP contribution in [0.15, 0.2) is 0 Å². The van der Waals surface area contributed by atoms with Crippen molar-refractivity contribution in [2.75, 3.05) is 39.8 Å². The molecule has 0 saturated carbocycles. The third-order valence-electron chi connectivity index (χ3n) is 3.46. The summed E-state index contributed by atoms with van der Waals surface area (Å²) in [6.07, 6.45) is 0. The molecule has 0 aromatic carbocycles. The summed E-state index contributed by atoms with van der Waals surface area (Å²) in [6, 6.07) is -0.486. The normalized spacial score (nSPS) is 18.1. The molecule has 6 nitrogen and oxygen atoms in total. The Kier molecular flexibility index (Phi) is 7.47. The number of carbonyl (C=O) groups is 2. The van der Waals surface area contributed by atoms with Crippen molar-refractivity contribution in [2.45, 2.75) is 26.8 Å². The summed E-state index contributed by atoms with van der Waals surface area (Å²) in [5.74, 6) is -0.253. The van der Waals surface area contributed by atoms with Gasteiger partial charge < -0.3 is 15.4 Å². The van der Waals surface area contributed by atoms with Crippen molar-refractivity contribution in [3.8, 4) is 0 Å². The molecule has 7 heteroatoms. The van der Waals surface area contributed by atoms with Crippen LogP contribution in [0.5, 0.6) is 0 Å². The highest BCUT2D eigenvalue weighted by Crippen LogP contribution is 2.19. The summed E-state index contributed by atoms with van der Waals surface area (Å²) >= 11 is 0. The second-order valence-corrected chi connectivity index (χ2v) is 6.02. The maximum atomic E-state index is 12.2. The van der Waals surface area contributed by atoms with Crippen LogP contribution in [0.25, 0.3) is 0 Å². The van der Waals surface area contributed by atoms with Crippen LogP contribution in [0.1, 0.15) is 20.8 Å². The van der Waals surface area contributed by atoms with Crippen LogP contribution in [0, 0.1) is 5.41 Å². The SMILES string of the molecule is COC(=O)CN1CCN(C(=O)[C@@H](N)C(C)(C)C)CC1.Cl. The minimum Gasteiger partial charge on any atom is -0.468 e. The molecule has 118 valence electrons. The molecular formula is C13H26ClN3O3. The number of hydrogen-bond acceptors (Lipinski definition) is 5. The summed E-state index contributed by atoms with van der Waals surface area (Å²) in [4.78, 5) is 27.2. The fraction of sp³-hybridized carbons (Fsp3) is 0.846. The number of rotatable bonds is 3. The molecule has 0 radical (unpaired) electrons. The Balaban J connectivity index is 0.00000361. The van der Waals surface area contributed by atoms with Crippen LogP contribution >= 0.6 is 12.4 Å². The molecule has 1 fully saturated rings. The standard InChI is InChI=1S/C13H25N3O3.ClH/c1-13(2,3)11(14)12(18)16-7-5-15(6-8-16)9-10(17)19-4;/h11H,5-9,14H2,1-4H3;1H/t11-;/m1./s1. The van der Waals surface area contributed by atoms with Crippen molar-refractivity contribution in [2.24, 2.45) is 11.1 Å². The van der Waals surface area contributed by atoms with Gasteiger partial charge in [0.2, 0.25) is 5.91 Å². The highest BCUT2D eigenvalue weighted by Gasteiger charge is 2.32. The quantitative estimate of drug-likeness (QED) is 0.748. The van der Waals surface area contributed by atoms with E-state index in [-0.39, 0.29) is 36.2 Å². The molecule has 20 heavy (non-hydrogen) atoms. The van der Waals surface area contributed by atoms with E-state index < -0.39 is 6.04 Å². The smallest absolute Gasteiger partial charge is 0.319 e. The first-order valence-corrected chi connectivity index (χ1v) is 6.59. The first-order valence-electron chi connectivity index (χ1n) is 6.59. The fourth-order valence-corrected chi connectivity index (χ4v) is 1.94. The van der Waals surface area contributed by atoms with Gasteiger partial charge in [-0.3, -0.25) is 14.5 Å². The van der Waals surface area contributed by atoms with Crippen molar-refractivity contribution in [1.29, 1.82) is 0 Å². The highest BCUT2D eigenvalue weighted by molar-refractivity contribution is 5.85. The molecule has 1 saturated heterocycles. The van der Waals surface area contributed by atoms with E-state index in [4.69, 9.17) is 5.73 Å². The lowest BCUT2D eigenvalue weighted by atomic mass is 9.86. The van der Waals surface area contributed by atoms with E-state index in [2.05, 4.69) is 4.74 Å². The number of hydrogen-bond donors (Lipinski definition) is 1. The molecular weight excluding hydrogens is 282 g/mol. The van der Waals surface area contributed by atoms with Gasteiger partial charge in [-0.25, -0.2) is 0 Å². The summed E-state index contributed by atoms with van der Waals surface area (Å²) in [5, 5.41) is 0. The summed E-state index contributed by atoms with van der Waals surface area (Å²) in [5.41, 5.74) is 5.75. The zero-order chi connectivity index (χ0) is 14.6. The number of nitrogens with zero attached hydrogens (tertiary/aromatic N) is 2. The first kappa shape index (κ1) is 19.1. The lowest BCUT2D eigenvalue weighted by molar-refractivity contribution is -0.143. The maximum absolute atomic E-state index is 12.2. The van der Waals surface area contributed by atoms with Crippen molar-refractivity contribution in [3.63, 3.8) is 0 Å². The molecule has 0 aliphatic carbocycles. The minimum absolute atomic E-state index is 0. The van der Waals surface area contributed by atoms with Crippen LogP contribution in [0.2, 0.25) is 0 Å². The molecule has 0 bridgehead atoms. The van der Waals surface area contributed by atoms with Crippen molar-refractivity contribution >= 4 is 24.3 Å². The number of carbonyl (C=O) groups excluding carboxylic acids is 2. The van der Waals surface area contributed by atoms with E-state index in [0.717, 1.165) is 0 Å². The van der Waals surface area contributed by atoms with E-state index in [1.807, 2.05) is 25.7 Å². The molecule has 0 aromatic rings. The number of piperazine rings is 1. The van der Waals surface area contributed by atoms with Crippen LogP contribution in [0.3, 0.4) is 0 Å². The molecule has 0 unspecified atom stereocenters. The lowest BCUT2D eigenvalue weighted by Gasteiger charge is -2.37. The minimum atomic E-state index is -0.486. The zero-order valence-corrected chi connectivity index (χ0v) is 13.5. The van der Waals surface area contributed by atoms with E-state index in [1.54, 1.807) is 4.90 Å². The van der Waals surface area contributed by atoms with Gasteiger partial charge in [-0.05, 0) is 5.41 Å². The third kappa shape index (κ3) is 5.26. The van der Waals surface area contributed by atoms with E-state index in [9.17, 15) is 9.59 Å². The van der Waals surface area contributed by atoms with Gasteiger partial charge in [-0.2, -0.15) is 0 Å². The number of halogens is 1. The molecule has 1 atom stereocenters. The van der Waals surface area contributed by atoms with Gasteiger partial charge in [0.25, 0.3) is 0 Å². The summed E-state index contributed by atoms with van der Waals surface area (Å²) < 4.78 is 4.63. The molecule has 1 aliphatic heterocycles. The predicted octanol–water partition coefficient (Wildman–Crippen LogP) is 0.0988. The molecule has 1 heterocycles. The number of nitrogens with two attached hydrogens (primary N) is 1. The third-order valence-corrected chi connectivity index (χ3v) is 3.46. The fourth-order valence-electron chi connectivity index (χ4n) is 1.94. The van der Waals surface area contributed by atoms with Crippen LogP contribution in [-0.4, -0.2) is 67.6 Å². The van der Waals surface area contributed by atoms with Crippen LogP contribution < -0.4 is 5.73 Å². The molecule has 0 spiro atoms. The number of esters is 1. The average molecular weight is 308 g/mol. The van der Waals surface area contributed by atoms with Crippen molar-refractivity contribution in [3.05, 3.63) is 0 Å². The van der Waals surface area contributed by atoms with Gasteiger partial charge >= 0.3 is 5.97 Å². The summed E-state index contributed by atoms with van der Waals surface area (Å²) in [6.45, 7) is 8.74. The van der Waals surface area contributed by atoms with E-state index >= 15 is 0 Å². The Morgan fingerprint density at radius 2 is 1.70 bits per heavy atom. The second kappa shape index (κ2) is 7.81. The van der Waals surface area contributed by atoms with Crippen LogP contribution in [-0.2, 0) is 14.3 Å². The first-order chi connectivity index (χ1) is 8.75. The topological polar surface area (TPSA) is 75.9 Å². The van der Waals surface area contributed by atoms with Gasteiger partial charge in [0.05, 0.1) is 19.7 Å². The van der Waals surface area contributed by atoms with E-state index in [1.165, 1.54) is 7.11 Å². The second-order valence-electron chi connectivity index (χ2n) is 6.02. The molecule has 0 aromatic heterocycles. The molecule has 1 amide bonds. The average Bonchev–Trinajstić information content (AvgIpc) is 2.36.